The summed E-state index contributed by atoms with van der Waals surface area (Å²) in [5.74, 6) is 6.16. The molecule has 108 valence electrons. The van der Waals surface area contributed by atoms with E-state index in [1.165, 1.54) is 11.3 Å². The molecule has 20 heavy (non-hydrogen) atoms. The quantitative estimate of drug-likeness (QED) is 0.805. The van der Waals surface area contributed by atoms with E-state index in [-0.39, 0.29) is 18.6 Å². The van der Waals surface area contributed by atoms with Crippen molar-refractivity contribution in [3.63, 3.8) is 0 Å². The van der Waals surface area contributed by atoms with Crippen LogP contribution in [0.2, 0.25) is 0 Å². The fourth-order valence-electron chi connectivity index (χ4n) is 2.52. The molecule has 0 aliphatic carbocycles. The van der Waals surface area contributed by atoms with Crippen LogP contribution in [0.3, 0.4) is 0 Å². The van der Waals surface area contributed by atoms with Crippen LogP contribution in [0.5, 0.6) is 0 Å². The number of aliphatic hydroxyl groups excluding tert-OH is 1. The summed E-state index contributed by atoms with van der Waals surface area (Å²) in [6.45, 7) is 5.08. The first kappa shape index (κ1) is 15.0. The lowest BCUT2D eigenvalue weighted by Crippen LogP contribution is -2.39. The molecule has 2 atom stereocenters. The highest BCUT2D eigenvalue weighted by atomic mass is 32.1. The molecule has 0 saturated carbocycles. The van der Waals surface area contributed by atoms with Gasteiger partial charge in [0.05, 0.1) is 28.9 Å². The Hall–Kier alpha value is -1.35. The maximum Gasteiger partial charge on any atom is 0.264 e. The summed E-state index contributed by atoms with van der Waals surface area (Å²) in [6, 6.07) is 1.81. The Morgan fingerprint density at radius 3 is 3.05 bits per heavy atom. The van der Waals surface area contributed by atoms with Crippen LogP contribution in [-0.4, -0.2) is 41.7 Å². The second kappa shape index (κ2) is 6.40. The third-order valence-corrected chi connectivity index (χ3v) is 4.90. The molecule has 1 aromatic heterocycles. The minimum atomic E-state index is -0.0662. The molecule has 1 aliphatic heterocycles. The van der Waals surface area contributed by atoms with Crippen molar-refractivity contribution in [2.24, 2.45) is 11.7 Å². The third kappa shape index (κ3) is 2.88. The Morgan fingerprint density at radius 2 is 2.40 bits per heavy atom. The monoisotopic (exact) mass is 292 g/mol. The van der Waals surface area contributed by atoms with Gasteiger partial charge in [-0.15, -0.1) is 11.3 Å². The lowest BCUT2D eigenvalue weighted by atomic mass is 10.0. The van der Waals surface area contributed by atoms with Crippen molar-refractivity contribution < 1.29 is 9.90 Å². The Balaban J connectivity index is 2.21. The van der Waals surface area contributed by atoms with Gasteiger partial charge in [0, 0.05) is 6.54 Å². The largest absolute Gasteiger partial charge is 0.394 e. The van der Waals surface area contributed by atoms with Crippen LogP contribution >= 0.6 is 11.3 Å². The second-order valence-electron chi connectivity index (χ2n) is 5.14. The van der Waals surface area contributed by atoms with E-state index in [4.69, 9.17) is 5.73 Å². The number of aryl methyl sites for hydroxylation is 1. The van der Waals surface area contributed by atoms with E-state index < -0.39 is 0 Å². The van der Waals surface area contributed by atoms with Crippen molar-refractivity contribution in [2.45, 2.75) is 26.3 Å². The average molecular weight is 292 g/mol. The van der Waals surface area contributed by atoms with Gasteiger partial charge in [0.15, 0.2) is 0 Å². The van der Waals surface area contributed by atoms with Gasteiger partial charge >= 0.3 is 0 Å². The highest BCUT2D eigenvalue weighted by Crippen LogP contribution is 2.28. The van der Waals surface area contributed by atoms with Gasteiger partial charge in [-0.05, 0) is 30.9 Å². The number of likely N-dealkylation sites (tertiary alicyclic amines) is 1. The zero-order valence-corrected chi connectivity index (χ0v) is 12.7. The maximum atomic E-state index is 12.6. The van der Waals surface area contributed by atoms with Gasteiger partial charge in [0.2, 0.25) is 0 Å². The van der Waals surface area contributed by atoms with Crippen molar-refractivity contribution in [2.75, 3.05) is 19.7 Å². The molecule has 0 spiro atoms. The summed E-state index contributed by atoms with van der Waals surface area (Å²) >= 11 is 1.41. The van der Waals surface area contributed by atoms with Crippen molar-refractivity contribution in [3.05, 3.63) is 21.4 Å². The lowest BCUT2D eigenvalue weighted by Gasteiger charge is -2.24. The first-order valence-electron chi connectivity index (χ1n) is 6.79. The van der Waals surface area contributed by atoms with E-state index in [9.17, 15) is 9.90 Å². The molecule has 1 fully saturated rings. The summed E-state index contributed by atoms with van der Waals surface area (Å²) in [7, 11) is 0. The molecule has 0 radical (unpaired) electrons. The molecule has 2 heterocycles. The Bertz CT molecular complexity index is 556. The number of amides is 1. The van der Waals surface area contributed by atoms with Crippen molar-refractivity contribution >= 4 is 17.2 Å². The number of carbonyl (C=O) groups excluding carboxylic acids is 1. The van der Waals surface area contributed by atoms with E-state index >= 15 is 0 Å². The summed E-state index contributed by atoms with van der Waals surface area (Å²) in [5.41, 5.74) is 6.38. The molecule has 1 amide bonds. The SMILES string of the molecule is Cc1cc(C(=O)N2CCC(C)C2CO)sc1C#CCN. The van der Waals surface area contributed by atoms with Crippen molar-refractivity contribution in [3.8, 4) is 11.8 Å². The number of thiophene rings is 1. The minimum absolute atomic E-state index is 0.00213. The van der Waals surface area contributed by atoms with Gasteiger partial charge in [0.1, 0.15) is 0 Å². The van der Waals surface area contributed by atoms with E-state index in [1.807, 2.05) is 13.0 Å². The molecular weight excluding hydrogens is 272 g/mol. The van der Waals surface area contributed by atoms with E-state index in [0.717, 1.165) is 16.9 Å². The molecule has 1 saturated heterocycles. The van der Waals surface area contributed by atoms with Gasteiger partial charge < -0.3 is 15.7 Å². The number of aliphatic hydroxyl groups is 1. The van der Waals surface area contributed by atoms with Gasteiger partial charge in [-0.25, -0.2) is 0 Å². The van der Waals surface area contributed by atoms with E-state index in [0.29, 0.717) is 23.9 Å². The Labute approximate surface area is 123 Å². The standard InChI is InChI=1S/C15H20N2O2S/c1-10-5-7-17(12(10)9-18)15(19)14-8-11(2)13(20-14)4-3-6-16/h8,10,12,18H,5-7,9,16H2,1-2H3. The summed E-state index contributed by atoms with van der Waals surface area (Å²) < 4.78 is 0. The molecule has 0 aromatic carbocycles. The normalized spacial score (nSPS) is 21.7. The van der Waals surface area contributed by atoms with Crippen LogP contribution in [0, 0.1) is 24.7 Å². The minimum Gasteiger partial charge on any atom is -0.394 e. The zero-order valence-electron chi connectivity index (χ0n) is 11.8. The summed E-state index contributed by atoms with van der Waals surface area (Å²) in [4.78, 5) is 15.9. The van der Waals surface area contributed by atoms with Gasteiger partial charge in [0.25, 0.3) is 5.91 Å². The molecule has 2 rings (SSSR count). The number of rotatable bonds is 2. The molecule has 3 N–H and O–H groups in total. The van der Waals surface area contributed by atoms with Gasteiger partial charge in [-0.2, -0.15) is 0 Å². The number of carbonyl (C=O) groups is 1. The number of hydrogen-bond acceptors (Lipinski definition) is 4. The molecule has 4 nitrogen and oxygen atoms in total. The molecule has 1 aromatic rings. The first-order chi connectivity index (χ1) is 9.58. The molecule has 5 heteroatoms. The molecular formula is C15H20N2O2S. The molecule has 0 bridgehead atoms. The number of nitrogens with two attached hydrogens (primary N) is 1. The van der Waals surface area contributed by atoms with Crippen LogP contribution in [0.4, 0.5) is 0 Å². The number of hydrogen-bond donors (Lipinski definition) is 2. The Kier molecular flexibility index (Phi) is 4.81. The number of nitrogens with zero attached hydrogens (tertiary/aromatic N) is 1. The topological polar surface area (TPSA) is 66.6 Å². The first-order valence-corrected chi connectivity index (χ1v) is 7.61. The van der Waals surface area contributed by atoms with E-state index in [2.05, 4.69) is 18.8 Å². The highest BCUT2D eigenvalue weighted by molar-refractivity contribution is 7.14. The molecule has 2 unspecified atom stereocenters. The summed E-state index contributed by atoms with van der Waals surface area (Å²) in [6.07, 6.45) is 0.946. The van der Waals surface area contributed by atoms with Crippen molar-refractivity contribution in [1.29, 1.82) is 0 Å². The highest BCUT2D eigenvalue weighted by Gasteiger charge is 2.34. The average Bonchev–Trinajstić information content (AvgIpc) is 2.99. The second-order valence-corrected chi connectivity index (χ2v) is 6.20. The predicted molar refractivity (Wildman–Crippen MR) is 80.7 cm³/mol. The fraction of sp³-hybridized carbons (Fsp3) is 0.533. The fourth-order valence-corrected chi connectivity index (χ4v) is 3.53. The van der Waals surface area contributed by atoms with Gasteiger partial charge in [-0.1, -0.05) is 18.8 Å². The third-order valence-electron chi connectivity index (χ3n) is 3.76. The van der Waals surface area contributed by atoms with Crippen LogP contribution in [0.25, 0.3) is 0 Å². The van der Waals surface area contributed by atoms with Gasteiger partial charge in [-0.3, -0.25) is 4.79 Å². The molecule has 1 aliphatic rings. The van der Waals surface area contributed by atoms with Crippen LogP contribution < -0.4 is 5.73 Å². The zero-order chi connectivity index (χ0) is 14.7. The predicted octanol–water partition coefficient (Wildman–Crippen LogP) is 1.21. The Morgan fingerprint density at radius 1 is 1.65 bits per heavy atom. The lowest BCUT2D eigenvalue weighted by molar-refractivity contribution is 0.0653. The van der Waals surface area contributed by atoms with Crippen molar-refractivity contribution in [1.82, 2.24) is 4.90 Å². The van der Waals surface area contributed by atoms with E-state index in [1.54, 1.807) is 4.90 Å². The maximum absolute atomic E-state index is 12.6. The summed E-state index contributed by atoms with van der Waals surface area (Å²) in [5, 5.41) is 9.45. The van der Waals surface area contributed by atoms with Crippen LogP contribution in [-0.2, 0) is 0 Å². The van der Waals surface area contributed by atoms with Crippen LogP contribution in [0.1, 0.15) is 33.5 Å². The van der Waals surface area contributed by atoms with Crippen LogP contribution in [0.15, 0.2) is 6.07 Å². The smallest absolute Gasteiger partial charge is 0.264 e.